The van der Waals surface area contributed by atoms with Gasteiger partial charge in [-0.2, -0.15) is 0 Å². The summed E-state index contributed by atoms with van der Waals surface area (Å²) < 4.78 is 0. The van der Waals surface area contributed by atoms with E-state index in [9.17, 15) is 10.1 Å². The molecule has 1 aromatic rings. The van der Waals surface area contributed by atoms with Crippen LogP contribution in [0.3, 0.4) is 0 Å². The zero-order valence-electron chi connectivity index (χ0n) is 5.52. The SMILES string of the molecule is Nc1cccc(O)c1[N+](=O)[O-]. The van der Waals surface area contributed by atoms with Crippen molar-refractivity contribution in [2.24, 2.45) is 0 Å². The number of aromatic hydroxyl groups is 1. The number of phenols is 1. The van der Waals surface area contributed by atoms with Gasteiger partial charge in [-0.05, 0) is 12.1 Å². The van der Waals surface area contributed by atoms with E-state index >= 15 is 0 Å². The number of nitrogens with two attached hydrogens (primary N) is 1. The fourth-order valence-electron chi connectivity index (χ4n) is 0.748. The maximum absolute atomic E-state index is 10.2. The predicted molar refractivity (Wildman–Crippen MR) is 39.2 cm³/mol. The van der Waals surface area contributed by atoms with Crippen LogP contribution in [0.2, 0.25) is 0 Å². The maximum atomic E-state index is 10.2. The molecule has 5 heteroatoms. The minimum absolute atomic E-state index is 0.0324. The van der Waals surface area contributed by atoms with Crippen LogP contribution in [0.25, 0.3) is 0 Å². The van der Waals surface area contributed by atoms with E-state index in [0.29, 0.717) is 0 Å². The van der Waals surface area contributed by atoms with E-state index in [2.05, 4.69) is 0 Å². The van der Waals surface area contributed by atoms with E-state index < -0.39 is 16.4 Å². The van der Waals surface area contributed by atoms with E-state index in [4.69, 9.17) is 10.8 Å². The number of phenolic OH excluding ortho intramolecular Hbond substituents is 1. The number of benzene rings is 1. The average molecular weight is 154 g/mol. The van der Waals surface area contributed by atoms with Crippen LogP contribution in [0, 0.1) is 10.1 Å². The van der Waals surface area contributed by atoms with Crippen molar-refractivity contribution in [2.45, 2.75) is 0 Å². The van der Waals surface area contributed by atoms with Crippen LogP contribution in [-0.2, 0) is 0 Å². The van der Waals surface area contributed by atoms with Crippen molar-refractivity contribution < 1.29 is 10.0 Å². The first-order valence-electron chi connectivity index (χ1n) is 2.85. The molecule has 0 radical (unpaired) electrons. The number of rotatable bonds is 1. The van der Waals surface area contributed by atoms with Gasteiger partial charge in [0.1, 0.15) is 5.69 Å². The Morgan fingerprint density at radius 1 is 1.55 bits per heavy atom. The zero-order chi connectivity index (χ0) is 8.43. The Kier molecular flexibility index (Phi) is 1.63. The van der Waals surface area contributed by atoms with Gasteiger partial charge in [0.15, 0.2) is 5.75 Å². The molecule has 0 heterocycles. The topological polar surface area (TPSA) is 89.4 Å². The molecule has 0 saturated carbocycles. The Morgan fingerprint density at radius 2 is 2.18 bits per heavy atom. The molecule has 1 aromatic carbocycles. The van der Waals surface area contributed by atoms with Gasteiger partial charge in [-0.3, -0.25) is 10.1 Å². The maximum Gasteiger partial charge on any atom is 0.333 e. The Labute approximate surface area is 62.2 Å². The number of anilines is 1. The number of nitrogens with zero attached hydrogens (tertiary/aromatic N) is 1. The first kappa shape index (κ1) is 7.33. The number of hydrogen-bond acceptors (Lipinski definition) is 4. The second-order valence-corrected chi connectivity index (χ2v) is 1.97. The largest absolute Gasteiger partial charge is 0.502 e. The summed E-state index contributed by atoms with van der Waals surface area (Å²) in [5.74, 6) is -0.407. The summed E-state index contributed by atoms with van der Waals surface area (Å²) in [5.41, 5.74) is 4.75. The van der Waals surface area contributed by atoms with Crippen LogP contribution in [0.4, 0.5) is 11.4 Å². The van der Waals surface area contributed by atoms with Crippen molar-refractivity contribution in [3.63, 3.8) is 0 Å². The van der Waals surface area contributed by atoms with E-state index in [1.165, 1.54) is 18.2 Å². The summed E-state index contributed by atoms with van der Waals surface area (Å²) in [6, 6.07) is 4.02. The van der Waals surface area contributed by atoms with E-state index in [1.54, 1.807) is 0 Å². The summed E-state index contributed by atoms with van der Waals surface area (Å²) in [6.45, 7) is 0. The highest BCUT2D eigenvalue weighted by molar-refractivity contribution is 5.64. The molecule has 0 aliphatic rings. The molecular weight excluding hydrogens is 148 g/mol. The predicted octanol–water partition coefficient (Wildman–Crippen LogP) is 0.883. The van der Waals surface area contributed by atoms with Crippen molar-refractivity contribution in [3.8, 4) is 5.75 Å². The summed E-state index contributed by atoms with van der Waals surface area (Å²) >= 11 is 0. The number of nitro benzene ring substituents is 1. The average Bonchev–Trinajstić information content (AvgIpc) is 1.85. The molecule has 58 valence electrons. The van der Waals surface area contributed by atoms with Gasteiger partial charge in [-0.15, -0.1) is 0 Å². The zero-order valence-corrected chi connectivity index (χ0v) is 5.52. The number of nitro groups is 1. The molecule has 0 aliphatic carbocycles. The Hall–Kier alpha value is -1.78. The third-order valence-electron chi connectivity index (χ3n) is 1.23. The molecule has 0 amide bonds. The van der Waals surface area contributed by atoms with Crippen molar-refractivity contribution >= 4 is 11.4 Å². The second-order valence-electron chi connectivity index (χ2n) is 1.97. The second kappa shape index (κ2) is 2.45. The van der Waals surface area contributed by atoms with Crippen LogP contribution >= 0.6 is 0 Å². The molecule has 5 nitrogen and oxygen atoms in total. The van der Waals surface area contributed by atoms with Crippen molar-refractivity contribution in [2.75, 3.05) is 5.73 Å². The van der Waals surface area contributed by atoms with E-state index in [1.807, 2.05) is 0 Å². The lowest BCUT2D eigenvalue weighted by atomic mass is 10.2. The lowest BCUT2D eigenvalue weighted by molar-refractivity contribution is -0.384. The molecule has 0 saturated heterocycles. The first-order chi connectivity index (χ1) is 5.13. The summed E-state index contributed by atoms with van der Waals surface area (Å²) in [4.78, 5) is 9.49. The molecule has 11 heavy (non-hydrogen) atoms. The van der Waals surface area contributed by atoms with Crippen LogP contribution in [0.5, 0.6) is 5.75 Å². The van der Waals surface area contributed by atoms with Gasteiger partial charge >= 0.3 is 5.69 Å². The molecule has 0 aromatic heterocycles. The van der Waals surface area contributed by atoms with Crippen LogP contribution in [-0.4, -0.2) is 10.0 Å². The smallest absolute Gasteiger partial charge is 0.333 e. The van der Waals surface area contributed by atoms with Gasteiger partial charge in [-0.25, -0.2) is 0 Å². The highest BCUT2D eigenvalue weighted by Crippen LogP contribution is 2.30. The van der Waals surface area contributed by atoms with Crippen LogP contribution < -0.4 is 5.73 Å². The highest BCUT2D eigenvalue weighted by Gasteiger charge is 2.15. The molecule has 0 unspecified atom stereocenters. The molecule has 0 bridgehead atoms. The van der Waals surface area contributed by atoms with Gasteiger partial charge in [0.25, 0.3) is 0 Å². The Balaban J connectivity index is 3.32. The van der Waals surface area contributed by atoms with Crippen molar-refractivity contribution in [1.82, 2.24) is 0 Å². The molecule has 0 atom stereocenters. The molecule has 3 N–H and O–H groups in total. The third-order valence-corrected chi connectivity index (χ3v) is 1.23. The third kappa shape index (κ3) is 1.21. The normalized spacial score (nSPS) is 9.45. The Bertz CT molecular complexity index is 278. The van der Waals surface area contributed by atoms with Gasteiger partial charge in [0, 0.05) is 0 Å². The molecule has 0 spiro atoms. The van der Waals surface area contributed by atoms with Crippen molar-refractivity contribution in [3.05, 3.63) is 28.3 Å². The highest BCUT2D eigenvalue weighted by atomic mass is 16.6. The van der Waals surface area contributed by atoms with Crippen LogP contribution in [0.1, 0.15) is 0 Å². The quantitative estimate of drug-likeness (QED) is 0.357. The lowest BCUT2D eigenvalue weighted by Gasteiger charge is -1.97. The lowest BCUT2D eigenvalue weighted by Crippen LogP contribution is -1.94. The minimum atomic E-state index is -0.718. The molecular formula is C6H6N2O3. The summed E-state index contributed by atoms with van der Waals surface area (Å²) in [7, 11) is 0. The minimum Gasteiger partial charge on any atom is -0.502 e. The van der Waals surface area contributed by atoms with Gasteiger partial charge < -0.3 is 10.8 Å². The van der Waals surface area contributed by atoms with Crippen molar-refractivity contribution in [1.29, 1.82) is 0 Å². The molecule has 0 fully saturated rings. The fourth-order valence-corrected chi connectivity index (χ4v) is 0.748. The number of nitrogen functional groups attached to an aromatic ring is 1. The standard InChI is InChI=1S/C6H6N2O3/c7-4-2-1-3-5(9)6(4)8(10)11/h1-3,9H,7H2. The number of para-hydroxylation sites is 1. The van der Waals surface area contributed by atoms with Gasteiger partial charge in [-0.1, -0.05) is 6.07 Å². The summed E-state index contributed by atoms with van der Waals surface area (Å²) in [6.07, 6.45) is 0. The van der Waals surface area contributed by atoms with Gasteiger partial charge in [0.2, 0.25) is 0 Å². The number of hydrogen-bond donors (Lipinski definition) is 2. The monoisotopic (exact) mass is 154 g/mol. The first-order valence-corrected chi connectivity index (χ1v) is 2.85. The fraction of sp³-hybridized carbons (Fsp3) is 0. The van der Waals surface area contributed by atoms with E-state index in [0.717, 1.165) is 0 Å². The van der Waals surface area contributed by atoms with E-state index in [-0.39, 0.29) is 5.69 Å². The Morgan fingerprint density at radius 3 is 2.55 bits per heavy atom. The molecule has 1 rings (SSSR count). The molecule has 0 aliphatic heterocycles. The summed E-state index contributed by atoms with van der Waals surface area (Å²) in [5, 5.41) is 19.1. The van der Waals surface area contributed by atoms with Crippen LogP contribution in [0.15, 0.2) is 18.2 Å². The van der Waals surface area contributed by atoms with Gasteiger partial charge in [0.05, 0.1) is 4.92 Å².